The van der Waals surface area contributed by atoms with Crippen LogP contribution in [0, 0.1) is 0 Å². The summed E-state index contributed by atoms with van der Waals surface area (Å²) in [6.07, 6.45) is 3.19. The first-order valence-electron chi connectivity index (χ1n) is 2.92. The third kappa shape index (κ3) is 1.12. The molecule has 0 aliphatic rings. The van der Waals surface area contributed by atoms with E-state index < -0.39 is 0 Å². The van der Waals surface area contributed by atoms with E-state index in [2.05, 4.69) is 26.0 Å². The molecule has 3 nitrogen and oxygen atoms in total. The van der Waals surface area contributed by atoms with E-state index >= 15 is 0 Å². The number of nitrogens with zero attached hydrogens (tertiary/aromatic N) is 3. The van der Waals surface area contributed by atoms with Crippen molar-refractivity contribution in [2.45, 2.75) is 0 Å². The molecule has 0 unspecified atom stereocenters. The van der Waals surface area contributed by atoms with Crippen LogP contribution in [0.15, 0.2) is 23.1 Å². The number of fused-ring (bicyclic) bond motifs is 1. The first-order valence-corrected chi connectivity index (χ1v) is 4.09. The molecule has 0 aliphatic heterocycles. The maximum atomic E-state index is 5.76. The molecule has 0 aliphatic carbocycles. The van der Waals surface area contributed by atoms with Crippen LogP contribution in [0.5, 0.6) is 0 Å². The summed E-state index contributed by atoms with van der Waals surface area (Å²) < 4.78 is 2.47. The van der Waals surface area contributed by atoms with Crippen molar-refractivity contribution >= 4 is 33.2 Å². The molecule has 2 aromatic heterocycles. The number of hydrogen-bond donors (Lipinski definition) is 0. The largest absolute Gasteiger partial charge is 0.218 e. The van der Waals surface area contributed by atoms with Crippen LogP contribution >= 0.6 is 27.5 Å². The lowest BCUT2D eigenvalue weighted by Crippen LogP contribution is -1.86. The number of rotatable bonds is 0. The first-order chi connectivity index (χ1) is 5.27. The van der Waals surface area contributed by atoms with Gasteiger partial charge < -0.3 is 0 Å². The predicted octanol–water partition coefficient (Wildman–Crippen LogP) is 2.15. The maximum Gasteiger partial charge on any atom is 0.169 e. The molecule has 0 radical (unpaired) electrons. The highest BCUT2D eigenvalue weighted by Crippen LogP contribution is 2.19. The monoisotopic (exact) mass is 231 g/mol. The van der Waals surface area contributed by atoms with Gasteiger partial charge in [-0.3, -0.25) is 0 Å². The van der Waals surface area contributed by atoms with Gasteiger partial charge in [0.2, 0.25) is 0 Å². The zero-order chi connectivity index (χ0) is 7.84. The van der Waals surface area contributed by atoms with Gasteiger partial charge in [-0.15, -0.1) is 0 Å². The number of halogens is 2. The van der Waals surface area contributed by atoms with Crippen molar-refractivity contribution in [2.75, 3.05) is 0 Å². The molecule has 0 N–H and O–H groups in total. The molecular formula is C6H3BrClN3. The fraction of sp³-hybridized carbons (Fsp3) is 0. The van der Waals surface area contributed by atoms with Crippen LogP contribution in [0.2, 0.25) is 5.02 Å². The molecule has 2 rings (SSSR count). The van der Waals surface area contributed by atoms with Crippen molar-refractivity contribution in [3.8, 4) is 0 Å². The van der Waals surface area contributed by atoms with Gasteiger partial charge in [0.25, 0.3) is 0 Å². The molecule has 0 fully saturated rings. The summed E-state index contributed by atoms with van der Waals surface area (Å²) in [6, 6.07) is 1.78. The Balaban J connectivity index is 2.91. The molecule has 0 saturated heterocycles. The summed E-state index contributed by atoms with van der Waals surface area (Å²) in [4.78, 5) is 4.01. The Kier molecular flexibility index (Phi) is 1.58. The Morgan fingerprint density at radius 2 is 2.36 bits per heavy atom. The van der Waals surface area contributed by atoms with Crippen LogP contribution in [0.25, 0.3) is 5.65 Å². The summed E-state index contributed by atoms with van der Waals surface area (Å²) in [5.74, 6) is 0. The zero-order valence-corrected chi connectivity index (χ0v) is 7.67. The smallest absolute Gasteiger partial charge is 0.169 e. The minimum absolute atomic E-state index is 0.634. The Morgan fingerprint density at radius 1 is 1.55 bits per heavy atom. The standard InChI is InChI=1S/C6H3BrClN3/c7-5-1-4(8)2-11-6(5)9-3-10-11/h1-3H. The lowest BCUT2D eigenvalue weighted by molar-refractivity contribution is 0.959. The minimum atomic E-state index is 0.634. The van der Waals surface area contributed by atoms with E-state index in [1.54, 1.807) is 16.8 Å². The molecular weight excluding hydrogens is 229 g/mol. The second-order valence-electron chi connectivity index (χ2n) is 2.03. The number of aromatic nitrogens is 3. The van der Waals surface area contributed by atoms with Crippen molar-refractivity contribution in [3.05, 3.63) is 28.1 Å². The second kappa shape index (κ2) is 2.46. The summed E-state index contributed by atoms with van der Waals surface area (Å²) in [5.41, 5.74) is 0.773. The van der Waals surface area contributed by atoms with Gasteiger partial charge in [-0.2, -0.15) is 5.10 Å². The van der Waals surface area contributed by atoms with Gasteiger partial charge >= 0.3 is 0 Å². The molecule has 0 aromatic carbocycles. The molecule has 0 bridgehead atoms. The highest BCUT2D eigenvalue weighted by Gasteiger charge is 2.01. The SMILES string of the molecule is Clc1cc(Br)c2ncnn2c1. The molecule has 5 heteroatoms. The molecule has 2 aromatic rings. The predicted molar refractivity (Wildman–Crippen MR) is 45.7 cm³/mol. The molecule has 2 heterocycles. The van der Waals surface area contributed by atoms with Gasteiger partial charge in [0, 0.05) is 6.20 Å². The van der Waals surface area contributed by atoms with Gasteiger partial charge in [0.1, 0.15) is 6.33 Å². The van der Waals surface area contributed by atoms with Crippen molar-refractivity contribution in [1.29, 1.82) is 0 Å². The average Bonchev–Trinajstić information content (AvgIpc) is 2.34. The summed E-state index contributed by atoms with van der Waals surface area (Å²) in [6.45, 7) is 0. The molecule has 11 heavy (non-hydrogen) atoms. The topological polar surface area (TPSA) is 30.2 Å². The highest BCUT2D eigenvalue weighted by molar-refractivity contribution is 9.10. The van der Waals surface area contributed by atoms with Gasteiger partial charge in [-0.05, 0) is 22.0 Å². The van der Waals surface area contributed by atoms with Crippen LogP contribution in [-0.2, 0) is 0 Å². The highest BCUT2D eigenvalue weighted by atomic mass is 79.9. The van der Waals surface area contributed by atoms with E-state index in [4.69, 9.17) is 11.6 Å². The summed E-state index contributed by atoms with van der Waals surface area (Å²) in [5, 5.41) is 4.57. The van der Waals surface area contributed by atoms with E-state index in [-0.39, 0.29) is 0 Å². The number of hydrogen-bond acceptors (Lipinski definition) is 2. The van der Waals surface area contributed by atoms with Gasteiger partial charge in [-0.1, -0.05) is 11.6 Å². The van der Waals surface area contributed by atoms with Crippen molar-refractivity contribution in [2.24, 2.45) is 0 Å². The lowest BCUT2D eigenvalue weighted by atomic mass is 10.5. The van der Waals surface area contributed by atoms with Gasteiger partial charge in [0.05, 0.1) is 9.50 Å². The van der Waals surface area contributed by atoms with Crippen LogP contribution in [0.3, 0.4) is 0 Å². The van der Waals surface area contributed by atoms with Crippen LogP contribution < -0.4 is 0 Å². The van der Waals surface area contributed by atoms with Crippen molar-refractivity contribution < 1.29 is 0 Å². The van der Waals surface area contributed by atoms with E-state index in [1.165, 1.54) is 6.33 Å². The third-order valence-electron chi connectivity index (χ3n) is 1.30. The van der Waals surface area contributed by atoms with E-state index in [0.29, 0.717) is 5.02 Å². The fourth-order valence-corrected chi connectivity index (χ4v) is 1.72. The average molecular weight is 232 g/mol. The Bertz CT molecular complexity index is 398. The Labute approximate surface area is 76.1 Å². The van der Waals surface area contributed by atoms with Gasteiger partial charge in [0.15, 0.2) is 5.65 Å². The summed E-state index contributed by atoms with van der Waals surface area (Å²) >= 11 is 9.08. The Hall–Kier alpha value is -0.610. The van der Waals surface area contributed by atoms with E-state index in [9.17, 15) is 0 Å². The quantitative estimate of drug-likeness (QED) is 0.697. The van der Waals surface area contributed by atoms with Crippen molar-refractivity contribution in [1.82, 2.24) is 14.6 Å². The second-order valence-corrected chi connectivity index (χ2v) is 3.33. The van der Waals surface area contributed by atoms with Crippen molar-refractivity contribution in [3.63, 3.8) is 0 Å². The molecule has 0 atom stereocenters. The lowest BCUT2D eigenvalue weighted by Gasteiger charge is -1.94. The zero-order valence-electron chi connectivity index (χ0n) is 5.33. The molecule has 0 spiro atoms. The Morgan fingerprint density at radius 3 is 3.18 bits per heavy atom. The van der Waals surface area contributed by atoms with E-state index in [0.717, 1.165) is 10.1 Å². The third-order valence-corrected chi connectivity index (χ3v) is 2.09. The summed E-state index contributed by atoms with van der Waals surface area (Å²) in [7, 11) is 0. The van der Waals surface area contributed by atoms with Crippen LogP contribution in [0.4, 0.5) is 0 Å². The minimum Gasteiger partial charge on any atom is -0.218 e. The van der Waals surface area contributed by atoms with E-state index in [1.807, 2.05) is 0 Å². The van der Waals surface area contributed by atoms with Crippen LogP contribution in [0.1, 0.15) is 0 Å². The fourth-order valence-electron chi connectivity index (χ4n) is 0.855. The first kappa shape index (κ1) is 7.06. The molecule has 0 saturated carbocycles. The molecule has 56 valence electrons. The normalized spacial score (nSPS) is 10.7. The molecule has 0 amide bonds. The van der Waals surface area contributed by atoms with Gasteiger partial charge in [-0.25, -0.2) is 9.50 Å². The maximum absolute atomic E-state index is 5.76. The number of pyridine rings is 1. The van der Waals surface area contributed by atoms with Crippen LogP contribution in [-0.4, -0.2) is 14.6 Å².